The summed E-state index contributed by atoms with van der Waals surface area (Å²) in [6, 6.07) is -2.14. The number of amides is 3. The van der Waals surface area contributed by atoms with Crippen LogP contribution in [0.3, 0.4) is 0 Å². The zero-order chi connectivity index (χ0) is 38.3. The van der Waals surface area contributed by atoms with Crippen molar-refractivity contribution in [3.63, 3.8) is 0 Å². The fourth-order valence-corrected chi connectivity index (χ4v) is 8.32. The second-order valence-corrected chi connectivity index (χ2v) is 16.5. The summed E-state index contributed by atoms with van der Waals surface area (Å²) in [5.74, 6) is -2.92. The highest BCUT2D eigenvalue weighted by atomic mass is 32.1. The summed E-state index contributed by atoms with van der Waals surface area (Å²) in [5.41, 5.74) is 0.966. The Balaban J connectivity index is 1.51. The average Bonchev–Trinajstić information content (AvgIpc) is 3.67. The van der Waals surface area contributed by atoms with E-state index in [1.54, 1.807) is 24.3 Å². The van der Waals surface area contributed by atoms with Gasteiger partial charge in [-0.25, -0.2) is 9.97 Å². The number of nitrogens with zero attached hydrogens (tertiary/aromatic N) is 4. The molecule has 0 aromatic carbocycles. The number of hydrogen-bond donors (Lipinski definition) is 3. The van der Waals surface area contributed by atoms with E-state index in [9.17, 15) is 29.1 Å². The van der Waals surface area contributed by atoms with Gasteiger partial charge < -0.3 is 30.1 Å². The zero-order valence-corrected chi connectivity index (χ0v) is 33.1. The maximum atomic E-state index is 14.3. The topological polar surface area (TPSA) is 180 Å². The minimum absolute atomic E-state index is 0.0633. The molecule has 2 aliphatic rings. The van der Waals surface area contributed by atoms with Gasteiger partial charge in [-0.3, -0.25) is 28.9 Å². The number of rotatable bonds is 18. The molecule has 52 heavy (non-hydrogen) atoms. The molecule has 0 radical (unpaired) electrons. The standard InChI is InChI=1S/C36H54N6O8S2/c1-19(2)27(42(8)35(46)31(22(5)24-9-10-24)40-33(45)28-16-49-12-11-41(28)7)15-29(50-23(6)43)34-39-26(18-52-34)32(44)38-25(13-20(3)36(47)48)14-30-37-21(4)17-51-30/h17-20,22,24-25,27-29,31H,9-16H2,1-8H3,(H,38,44)(H,40,45)(H,47,48)/t20-,22-,25+,27+,28+,29+,31-/m0/s1. The van der Waals surface area contributed by atoms with Crippen LogP contribution in [0.5, 0.6) is 0 Å². The lowest BCUT2D eigenvalue weighted by atomic mass is 9.91. The molecule has 0 unspecified atom stereocenters. The van der Waals surface area contributed by atoms with Crippen molar-refractivity contribution in [2.75, 3.05) is 33.9 Å². The van der Waals surface area contributed by atoms with E-state index in [2.05, 4.69) is 20.6 Å². The molecule has 0 bridgehead atoms. The van der Waals surface area contributed by atoms with Crippen molar-refractivity contribution in [1.82, 2.24) is 30.4 Å². The number of aryl methyl sites for hydroxylation is 1. The molecule has 0 spiro atoms. The van der Waals surface area contributed by atoms with Crippen LogP contribution < -0.4 is 10.6 Å². The molecule has 16 heteroatoms. The van der Waals surface area contributed by atoms with E-state index in [0.717, 1.165) is 23.5 Å². The van der Waals surface area contributed by atoms with Crippen LogP contribution in [0.4, 0.5) is 0 Å². The molecule has 3 amide bonds. The highest BCUT2D eigenvalue weighted by Gasteiger charge is 2.42. The van der Waals surface area contributed by atoms with Gasteiger partial charge in [0, 0.05) is 61.9 Å². The van der Waals surface area contributed by atoms with Crippen molar-refractivity contribution in [1.29, 1.82) is 0 Å². The van der Waals surface area contributed by atoms with Crippen molar-refractivity contribution < 1.29 is 38.6 Å². The summed E-state index contributed by atoms with van der Waals surface area (Å²) in [7, 11) is 3.59. The minimum atomic E-state index is -0.958. The van der Waals surface area contributed by atoms with Crippen LogP contribution in [-0.4, -0.2) is 113 Å². The molecule has 1 saturated carbocycles. The molecular weight excluding hydrogens is 709 g/mol. The fourth-order valence-electron chi connectivity index (χ4n) is 6.63. The quantitative estimate of drug-likeness (QED) is 0.189. The van der Waals surface area contributed by atoms with E-state index in [1.807, 2.05) is 45.0 Å². The van der Waals surface area contributed by atoms with Crippen molar-refractivity contribution in [3.05, 3.63) is 32.2 Å². The van der Waals surface area contributed by atoms with Gasteiger partial charge in [0.1, 0.15) is 22.8 Å². The van der Waals surface area contributed by atoms with Gasteiger partial charge in [-0.1, -0.05) is 27.7 Å². The van der Waals surface area contributed by atoms with Crippen LogP contribution in [0.15, 0.2) is 10.8 Å². The third-order valence-electron chi connectivity index (χ3n) is 10.0. The van der Waals surface area contributed by atoms with Gasteiger partial charge in [0.15, 0.2) is 6.10 Å². The van der Waals surface area contributed by atoms with E-state index < -0.39 is 54.0 Å². The fraction of sp³-hybridized carbons (Fsp3) is 0.694. The van der Waals surface area contributed by atoms with Gasteiger partial charge in [0.2, 0.25) is 11.8 Å². The number of aliphatic carboxylic acids is 1. The number of nitrogens with one attached hydrogen (secondary N) is 2. The Morgan fingerprint density at radius 2 is 1.79 bits per heavy atom. The van der Waals surface area contributed by atoms with Gasteiger partial charge in [-0.05, 0) is 51.0 Å². The number of thiazole rings is 2. The van der Waals surface area contributed by atoms with Crippen molar-refractivity contribution in [2.24, 2.45) is 23.7 Å². The molecule has 2 aromatic rings. The first kappa shape index (κ1) is 41.3. The van der Waals surface area contributed by atoms with Crippen LogP contribution in [0, 0.1) is 30.6 Å². The van der Waals surface area contributed by atoms with E-state index in [-0.39, 0.29) is 48.8 Å². The van der Waals surface area contributed by atoms with E-state index in [0.29, 0.717) is 30.5 Å². The van der Waals surface area contributed by atoms with Crippen molar-refractivity contribution in [3.8, 4) is 0 Å². The number of ether oxygens (including phenoxy) is 2. The molecule has 4 rings (SSSR count). The smallest absolute Gasteiger partial charge is 0.306 e. The minimum Gasteiger partial charge on any atom is -0.481 e. The lowest BCUT2D eigenvalue weighted by molar-refractivity contribution is -0.149. The van der Waals surface area contributed by atoms with Gasteiger partial charge in [-0.15, -0.1) is 22.7 Å². The van der Waals surface area contributed by atoms with Gasteiger partial charge in [0.05, 0.1) is 24.1 Å². The lowest BCUT2D eigenvalue weighted by Gasteiger charge is -2.38. The maximum absolute atomic E-state index is 14.3. The number of morpholine rings is 1. The van der Waals surface area contributed by atoms with Crippen molar-refractivity contribution in [2.45, 2.75) is 104 Å². The molecular formula is C36H54N6O8S2. The number of carbonyl (C=O) groups is 5. The Morgan fingerprint density at radius 3 is 2.37 bits per heavy atom. The second-order valence-electron chi connectivity index (χ2n) is 14.7. The number of likely N-dealkylation sites (N-methyl/N-ethyl adjacent to an activating group) is 2. The largest absolute Gasteiger partial charge is 0.481 e. The zero-order valence-electron chi connectivity index (χ0n) is 31.4. The molecule has 7 atom stereocenters. The number of esters is 1. The molecule has 3 heterocycles. The SMILES string of the molecule is CC(=O)O[C@H](C[C@H](C(C)C)N(C)C(=O)[C@@H](NC(=O)[C@H]1COCCN1C)[C@@H](C)C1CC1)c1nc(C(=O)N[C@@H](Cc2nc(C)cs2)C[C@H](C)C(=O)O)cs1. The number of aromatic nitrogens is 2. The average molecular weight is 763 g/mol. The highest BCUT2D eigenvalue weighted by Crippen LogP contribution is 2.39. The number of hydrogen-bond acceptors (Lipinski definition) is 12. The normalized spacial score (nSPS) is 19.9. The Hall–Kier alpha value is -3.47. The molecule has 1 aliphatic carbocycles. The van der Waals surface area contributed by atoms with Gasteiger partial charge in [0.25, 0.3) is 5.91 Å². The van der Waals surface area contributed by atoms with E-state index in [1.165, 1.54) is 29.6 Å². The van der Waals surface area contributed by atoms with Crippen LogP contribution in [-0.2, 0) is 35.1 Å². The summed E-state index contributed by atoms with van der Waals surface area (Å²) in [4.78, 5) is 77.9. The summed E-state index contributed by atoms with van der Waals surface area (Å²) in [5, 5.41) is 20.2. The molecule has 2 fully saturated rings. The van der Waals surface area contributed by atoms with Crippen LogP contribution in [0.1, 0.15) is 92.6 Å². The monoisotopic (exact) mass is 762 g/mol. The third-order valence-corrected chi connectivity index (χ3v) is 12.0. The molecule has 1 aliphatic heterocycles. The first-order valence-corrected chi connectivity index (χ1v) is 19.7. The first-order chi connectivity index (χ1) is 24.5. The second kappa shape index (κ2) is 18.5. The van der Waals surface area contributed by atoms with Crippen LogP contribution >= 0.6 is 22.7 Å². The maximum Gasteiger partial charge on any atom is 0.306 e. The molecule has 14 nitrogen and oxygen atoms in total. The summed E-state index contributed by atoms with van der Waals surface area (Å²) in [6.07, 6.45) is 1.95. The van der Waals surface area contributed by atoms with E-state index in [4.69, 9.17) is 9.47 Å². The first-order valence-electron chi connectivity index (χ1n) is 18.0. The predicted molar refractivity (Wildman–Crippen MR) is 197 cm³/mol. The van der Waals surface area contributed by atoms with Crippen molar-refractivity contribution >= 4 is 52.3 Å². The van der Waals surface area contributed by atoms with Gasteiger partial charge >= 0.3 is 11.9 Å². The Morgan fingerprint density at radius 1 is 1.08 bits per heavy atom. The Labute approximate surface area is 314 Å². The molecule has 3 N–H and O–H groups in total. The molecule has 1 saturated heterocycles. The number of carbonyl (C=O) groups excluding carboxylic acids is 4. The van der Waals surface area contributed by atoms with E-state index >= 15 is 0 Å². The number of carboxylic acid groups (broad SMARTS) is 1. The van der Waals surface area contributed by atoms with Gasteiger partial charge in [-0.2, -0.15) is 0 Å². The van der Waals surface area contributed by atoms with Crippen LogP contribution in [0.25, 0.3) is 0 Å². The number of carboxylic acids is 1. The third kappa shape index (κ3) is 11.3. The summed E-state index contributed by atoms with van der Waals surface area (Å²) < 4.78 is 11.3. The molecule has 288 valence electrons. The Kier molecular flexibility index (Phi) is 14.7. The molecule has 2 aromatic heterocycles. The summed E-state index contributed by atoms with van der Waals surface area (Å²) in [6.45, 7) is 12.2. The highest BCUT2D eigenvalue weighted by molar-refractivity contribution is 7.10. The summed E-state index contributed by atoms with van der Waals surface area (Å²) >= 11 is 2.62. The predicted octanol–water partition coefficient (Wildman–Crippen LogP) is 3.70. The van der Waals surface area contributed by atoms with Crippen LogP contribution in [0.2, 0.25) is 0 Å². The lowest BCUT2D eigenvalue weighted by Crippen LogP contribution is -2.59. The Bertz CT molecular complexity index is 1560.